The summed E-state index contributed by atoms with van der Waals surface area (Å²) >= 11 is 0. The van der Waals surface area contributed by atoms with Crippen molar-refractivity contribution >= 4 is 12.0 Å². The van der Waals surface area contributed by atoms with Gasteiger partial charge in [0.1, 0.15) is 5.60 Å². The van der Waals surface area contributed by atoms with Crippen molar-refractivity contribution in [2.45, 2.75) is 51.6 Å². The molecule has 2 aliphatic heterocycles. The van der Waals surface area contributed by atoms with Crippen LogP contribution in [0.4, 0.5) is 13.6 Å². The molecule has 8 heteroatoms. The minimum atomic E-state index is -2.55. The molecule has 0 aromatic carbocycles. The van der Waals surface area contributed by atoms with Gasteiger partial charge in [0.15, 0.2) is 0 Å². The molecule has 1 atom stereocenters. The molecule has 25 heavy (non-hydrogen) atoms. The van der Waals surface area contributed by atoms with Crippen molar-refractivity contribution in [3.8, 4) is 0 Å². The van der Waals surface area contributed by atoms with Crippen LogP contribution < -0.4 is 5.32 Å². The summed E-state index contributed by atoms with van der Waals surface area (Å²) in [6, 6.07) is 0. The highest BCUT2D eigenvalue weighted by Gasteiger charge is 2.35. The zero-order valence-electron chi connectivity index (χ0n) is 15.3. The molecule has 0 spiro atoms. The van der Waals surface area contributed by atoms with Gasteiger partial charge in [-0.2, -0.15) is 0 Å². The minimum absolute atomic E-state index is 0.0894. The average molecular weight is 361 g/mol. The van der Waals surface area contributed by atoms with Gasteiger partial charge in [0.05, 0.1) is 5.92 Å². The van der Waals surface area contributed by atoms with E-state index in [4.69, 9.17) is 4.74 Å². The molecule has 0 unspecified atom stereocenters. The van der Waals surface area contributed by atoms with Crippen LogP contribution in [0.15, 0.2) is 0 Å². The van der Waals surface area contributed by atoms with Gasteiger partial charge in [-0.05, 0) is 27.2 Å². The third kappa shape index (κ3) is 6.41. The van der Waals surface area contributed by atoms with Crippen LogP contribution in [0.5, 0.6) is 0 Å². The van der Waals surface area contributed by atoms with E-state index in [-0.39, 0.29) is 24.7 Å². The SMILES string of the molecule is CC(C)(C)OC(=O)N1CC[C@@H](C(=O)NCCN2CCC(F)(F)CC2)C1. The number of nitrogens with one attached hydrogen (secondary N) is 1. The highest BCUT2D eigenvalue weighted by molar-refractivity contribution is 5.80. The highest BCUT2D eigenvalue weighted by atomic mass is 19.3. The molecule has 2 rings (SSSR count). The maximum atomic E-state index is 13.1. The summed E-state index contributed by atoms with van der Waals surface area (Å²) in [4.78, 5) is 27.7. The topological polar surface area (TPSA) is 61.9 Å². The number of carbonyl (C=O) groups is 2. The van der Waals surface area contributed by atoms with E-state index >= 15 is 0 Å². The van der Waals surface area contributed by atoms with E-state index in [2.05, 4.69) is 5.32 Å². The fraction of sp³-hybridized carbons (Fsp3) is 0.882. The van der Waals surface area contributed by atoms with E-state index in [0.717, 1.165) is 0 Å². The largest absolute Gasteiger partial charge is 0.444 e. The number of hydrogen-bond acceptors (Lipinski definition) is 4. The number of hydrogen-bond donors (Lipinski definition) is 1. The number of rotatable bonds is 4. The molecule has 0 aromatic heterocycles. The third-order valence-electron chi connectivity index (χ3n) is 4.53. The van der Waals surface area contributed by atoms with Gasteiger partial charge in [0.2, 0.25) is 5.91 Å². The number of halogens is 2. The van der Waals surface area contributed by atoms with Gasteiger partial charge in [-0.25, -0.2) is 13.6 Å². The Morgan fingerprint density at radius 3 is 2.44 bits per heavy atom. The van der Waals surface area contributed by atoms with Gasteiger partial charge in [-0.15, -0.1) is 0 Å². The van der Waals surface area contributed by atoms with E-state index < -0.39 is 17.6 Å². The number of piperidine rings is 1. The zero-order valence-corrected chi connectivity index (χ0v) is 15.3. The maximum Gasteiger partial charge on any atom is 0.410 e. The van der Waals surface area contributed by atoms with Gasteiger partial charge >= 0.3 is 6.09 Å². The molecule has 0 aliphatic carbocycles. The van der Waals surface area contributed by atoms with Gasteiger partial charge in [0.25, 0.3) is 5.92 Å². The lowest BCUT2D eigenvalue weighted by atomic mass is 10.1. The average Bonchev–Trinajstić information content (AvgIpc) is 2.97. The molecular weight excluding hydrogens is 332 g/mol. The molecule has 2 amide bonds. The summed E-state index contributed by atoms with van der Waals surface area (Å²) in [5, 5.41) is 2.85. The van der Waals surface area contributed by atoms with E-state index in [0.29, 0.717) is 45.7 Å². The third-order valence-corrected chi connectivity index (χ3v) is 4.53. The number of ether oxygens (including phenoxy) is 1. The summed E-state index contributed by atoms with van der Waals surface area (Å²) in [5.74, 6) is -2.87. The summed E-state index contributed by atoms with van der Waals surface area (Å²) in [7, 11) is 0. The van der Waals surface area contributed by atoms with Gasteiger partial charge in [0, 0.05) is 52.1 Å². The monoisotopic (exact) mass is 361 g/mol. The first-order valence-corrected chi connectivity index (χ1v) is 8.92. The summed E-state index contributed by atoms with van der Waals surface area (Å²) < 4.78 is 31.5. The Labute approximate surface area is 147 Å². The van der Waals surface area contributed by atoms with E-state index in [1.54, 1.807) is 4.90 Å². The molecule has 0 bridgehead atoms. The molecule has 0 radical (unpaired) electrons. The molecule has 2 aliphatic rings. The zero-order chi connectivity index (χ0) is 18.7. The predicted octanol–water partition coefficient (Wildman–Crippen LogP) is 2.09. The number of alkyl halides is 2. The van der Waals surface area contributed by atoms with Gasteiger partial charge in [-0.3, -0.25) is 4.79 Å². The van der Waals surface area contributed by atoms with Crippen LogP contribution in [0.3, 0.4) is 0 Å². The maximum absolute atomic E-state index is 13.1. The smallest absolute Gasteiger partial charge is 0.410 e. The Morgan fingerprint density at radius 2 is 1.84 bits per heavy atom. The lowest BCUT2D eigenvalue weighted by Crippen LogP contribution is -2.44. The second-order valence-corrected chi connectivity index (χ2v) is 7.90. The first-order valence-electron chi connectivity index (χ1n) is 8.92. The van der Waals surface area contributed by atoms with Crippen molar-refractivity contribution in [1.29, 1.82) is 0 Å². The lowest BCUT2D eigenvalue weighted by molar-refractivity contribution is -0.124. The fourth-order valence-electron chi connectivity index (χ4n) is 3.05. The van der Waals surface area contributed by atoms with E-state index in [1.807, 2.05) is 25.7 Å². The summed E-state index contributed by atoms with van der Waals surface area (Å²) in [5.41, 5.74) is -0.553. The van der Waals surface area contributed by atoms with Crippen LogP contribution in [0.1, 0.15) is 40.0 Å². The first-order chi connectivity index (χ1) is 11.6. The van der Waals surface area contributed by atoms with Crippen LogP contribution in [0, 0.1) is 5.92 Å². The van der Waals surface area contributed by atoms with Crippen LogP contribution in [0.2, 0.25) is 0 Å². The van der Waals surface area contributed by atoms with Crippen molar-refractivity contribution in [2.75, 3.05) is 39.3 Å². The van der Waals surface area contributed by atoms with Crippen molar-refractivity contribution in [1.82, 2.24) is 15.1 Å². The van der Waals surface area contributed by atoms with Crippen molar-refractivity contribution in [2.24, 2.45) is 5.92 Å². The normalized spacial score (nSPS) is 24.2. The van der Waals surface area contributed by atoms with Crippen molar-refractivity contribution in [3.63, 3.8) is 0 Å². The molecule has 0 aromatic rings. The second-order valence-electron chi connectivity index (χ2n) is 7.90. The van der Waals surface area contributed by atoms with Crippen molar-refractivity contribution < 1.29 is 23.1 Å². The number of nitrogens with zero attached hydrogens (tertiary/aromatic N) is 2. The quantitative estimate of drug-likeness (QED) is 0.833. The number of amides is 2. The Morgan fingerprint density at radius 1 is 1.20 bits per heavy atom. The number of carbonyl (C=O) groups excluding carboxylic acids is 2. The molecule has 144 valence electrons. The first kappa shape index (κ1) is 19.9. The van der Waals surface area contributed by atoms with Gasteiger partial charge in [-0.1, -0.05) is 0 Å². The molecule has 2 fully saturated rings. The molecule has 2 saturated heterocycles. The molecule has 6 nitrogen and oxygen atoms in total. The van der Waals surface area contributed by atoms with Crippen molar-refractivity contribution in [3.05, 3.63) is 0 Å². The highest BCUT2D eigenvalue weighted by Crippen LogP contribution is 2.27. The molecule has 1 N–H and O–H groups in total. The van der Waals surface area contributed by atoms with Gasteiger partial charge < -0.3 is 19.9 Å². The Kier molecular flexibility index (Phi) is 6.24. The Balaban J connectivity index is 1.66. The summed E-state index contributed by atoms with van der Waals surface area (Å²) in [6.07, 6.45) is -0.0128. The van der Waals surface area contributed by atoms with Crippen LogP contribution in [-0.4, -0.2) is 72.6 Å². The molecule has 2 heterocycles. The predicted molar refractivity (Wildman–Crippen MR) is 89.5 cm³/mol. The number of likely N-dealkylation sites (tertiary alicyclic amines) is 2. The Bertz CT molecular complexity index is 484. The lowest BCUT2D eigenvalue weighted by Gasteiger charge is -2.31. The van der Waals surface area contributed by atoms with Crippen LogP contribution in [-0.2, 0) is 9.53 Å². The van der Waals surface area contributed by atoms with E-state index in [1.165, 1.54) is 0 Å². The van der Waals surface area contributed by atoms with Crippen LogP contribution >= 0.6 is 0 Å². The van der Waals surface area contributed by atoms with E-state index in [9.17, 15) is 18.4 Å². The molecule has 0 saturated carbocycles. The molecular formula is C17H29F2N3O3. The standard InChI is InChI=1S/C17H29F2N3O3/c1-16(2,3)25-15(24)22-8-4-13(12-22)14(23)20-7-11-21-9-5-17(18,19)6-10-21/h13H,4-12H2,1-3H3,(H,20,23)/t13-/m1/s1. The van der Waals surface area contributed by atoms with Crippen LogP contribution in [0.25, 0.3) is 0 Å². The Hall–Kier alpha value is -1.44. The fourth-order valence-corrected chi connectivity index (χ4v) is 3.05. The second kappa shape index (κ2) is 7.85. The summed E-state index contributed by atoms with van der Waals surface area (Å²) in [6.45, 7) is 8.02. The minimum Gasteiger partial charge on any atom is -0.444 e.